The summed E-state index contributed by atoms with van der Waals surface area (Å²) in [5.41, 5.74) is 0.208. The molecule has 4 rings (SSSR count). The van der Waals surface area contributed by atoms with Crippen molar-refractivity contribution >= 4 is 57.5 Å². The van der Waals surface area contributed by atoms with Gasteiger partial charge in [0.25, 0.3) is 11.5 Å². The molecule has 30 heavy (non-hydrogen) atoms. The zero-order chi connectivity index (χ0) is 21.3. The van der Waals surface area contributed by atoms with E-state index in [9.17, 15) is 9.59 Å². The summed E-state index contributed by atoms with van der Waals surface area (Å²) < 4.78 is 7.78. The fourth-order valence-electron chi connectivity index (χ4n) is 2.96. The monoisotopic (exact) mass is 457 g/mol. The van der Waals surface area contributed by atoms with Gasteiger partial charge in [-0.2, -0.15) is 4.98 Å². The molecule has 0 radical (unpaired) electrons. The van der Waals surface area contributed by atoms with E-state index in [0.29, 0.717) is 32.2 Å². The first-order valence-electron chi connectivity index (χ1n) is 9.18. The van der Waals surface area contributed by atoms with Crippen LogP contribution in [0.1, 0.15) is 18.9 Å². The van der Waals surface area contributed by atoms with Crippen LogP contribution < -0.4 is 10.3 Å². The molecule has 2 aromatic heterocycles. The molecule has 3 heterocycles. The first kappa shape index (κ1) is 20.6. The van der Waals surface area contributed by atoms with Gasteiger partial charge in [0, 0.05) is 12.7 Å². The average molecular weight is 458 g/mol. The highest BCUT2D eigenvalue weighted by atomic mass is 35.5. The van der Waals surface area contributed by atoms with Crippen LogP contribution in [0.4, 0.5) is 0 Å². The quantitative estimate of drug-likeness (QED) is 0.407. The van der Waals surface area contributed by atoms with E-state index in [1.54, 1.807) is 48.7 Å². The van der Waals surface area contributed by atoms with Gasteiger partial charge in [-0.05, 0) is 36.8 Å². The van der Waals surface area contributed by atoms with Crippen molar-refractivity contribution in [1.29, 1.82) is 0 Å². The number of carbonyl (C=O) groups is 1. The van der Waals surface area contributed by atoms with Crippen molar-refractivity contribution in [2.24, 2.45) is 0 Å². The molecule has 0 spiro atoms. The van der Waals surface area contributed by atoms with E-state index in [-0.39, 0.29) is 22.9 Å². The summed E-state index contributed by atoms with van der Waals surface area (Å²) in [6, 6.07) is 12.1. The normalized spacial score (nSPS) is 15.4. The third-order valence-corrected chi connectivity index (χ3v) is 6.06. The maximum absolute atomic E-state index is 13.2. The molecule has 9 heteroatoms. The molecule has 6 nitrogen and oxygen atoms in total. The number of hydrogen-bond donors (Lipinski definition) is 0. The molecule has 1 saturated heterocycles. The largest absolute Gasteiger partial charge is 0.437 e. The van der Waals surface area contributed by atoms with Crippen molar-refractivity contribution < 1.29 is 9.53 Å². The Kier molecular flexibility index (Phi) is 5.90. The van der Waals surface area contributed by atoms with Crippen molar-refractivity contribution in [3.05, 3.63) is 74.5 Å². The number of carbonyl (C=O) groups excluding carboxylic acids is 1. The Hall–Kier alpha value is -2.68. The highest BCUT2D eigenvalue weighted by molar-refractivity contribution is 8.26. The zero-order valence-electron chi connectivity index (χ0n) is 15.9. The molecule has 0 aliphatic carbocycles. The Bertz CT molecular complexity index is 1260. The van der Waals surface area contributed by atoms with Crippen LogP contribution in [-0.4, -0.2) is 31.1 Å². The molecule has 0 bridgehead atoms. The molecule has 1 amide bonds. The number of ether oxygens (including phenoxy) is 1. The molecule has 1 fully saturated rings. The Morgan fingerprint density at radius 1 is 1.20 bits per heavy atom. The summed E-state index contributed by atoms with van der Waals surface area (Å²) in [5.74, 6) is 0.202. The van der Waals surface area contributed by atoms with Crippen molar-refractivity contribution in [3.8, 4) is 11.6 Å². The zero-order valence-corrected chi connectivity index (χ0v) is 18.3. The number of para-hydroxylation sites is 1. The topological polar surface area (TPSA) is 63.9 Å². The Balaban J connectivity index is 1.87. The summed E-state index contributed by atoms with van der Waals surface area (Å²) in [6.45, 7) is 2.50. The number of hydrogen-bond acceptors (Lipinski definition) is 6. The molecule has 1 aliphatic rings. The van der Waals surface area contributed by atoms with E-state index in [4.69, 9.17) is 28.6 Å². The standard InChI is InChI=1S/C21H16ClN3O3S2/c1-2-10-25-20(27)16(30-21(25)29)12-13-18(28-15-8-4-3-7-14(15)22)23-17-9-5-6-11-24(17)19(13)26/h3-9,11-12H,2,10H2,1H3/b16-12+. The maximum atomic E-state index is 13.2. The minimum absolute atomic E-state index is 0.0695. The molecule has 0 atom stereocenters. The van der Waals surface area contributed by atoms with Crippen molar-refractivity contribution in [3.63, 3.8) is 0 Å². The van der Waals surface area contributed by atoms with Crippen LogP contribution in [0.25, 0.3) is 11.7 Å². The first-order chi connectivity index (χ1) is 14.5. The maximum Gasteiger partial charge on any atom is 0.269 e. The van der Waals surface area contributed by atoms with Crippen LogP contribution in [-0.2, 0) is 4.79 Å². The van der Waals surface area contributed by atoms with E-state index >= 15 is 0 Å². The van der Waals surface area contributed by atoms with Crippen molar-refractivity contribution in [1.82, 2.24) is 14.3 Å². The molecule has 3 aromatic rings. The molecular formula is C21H16ClN3O3S2. The number of thioether (sulfide) groups is 1. The van der Waals surface area contributed by atoms with Gasteiger partial charge in [0.2, 0.25) is 5.88 Å². The van der Waals surface area contributed by atoms with Crippen LogP contribution in [0.5, 0.6) is 11.6 Å². The van der Waals surface area contributed by atoms with Crippen LogP contribution in [0.3, 0.4) is 0 Å². The van der Waals surface area contributed by atoms with Crippen molar-refractivity contribution in [2.45, 2.75) is 13.3 Å². The van der Waals surface area contributed by atoms with Gasteiger partial charge >= 0.3 is 0 Å². The number of pyridine rings is 1. The van der Waals surface area contributed by atoms with E-state index in [0.717, 1.165) is 18.2 Å². The highest BCUT2D eigenvalue weighted by Crippen LogP contribution is 2.35. The van der Waals surface area contributed by atoms with Gasteiger partial charge in [0.1, 0.15) is 21.3 Å². The summed E-state index contributed by atoms with van der Waals surface area (Å²) in [6.07, 6.45) is 3.89. The number of benzene rings is 1. The molecule has 0 unspecified atom stereocenters. The van der Waals surface area contributed by atoms with Gasteiger partial charge in [-0.3, -0.25) is 18.9 Å². The number of fused-ring (bicyclic) bond motifs is 1. The number of rotatable bonds is 5. The molecule has 1 aromatic carbocycles. The van der Waals surface area contributed by atoms with Gasteiger partial charge in [0.05, 0.1) is 9.93 Å². The van der Waals surface area contributed by atoms with Crippen molar-refractivity contribution in [2.75, 3.05) is 6.54 Å². The predicted molar refractivity (Wildman–Crippen MR) is 123 cm³/mol. The van der Waals surface area contributed by atoms with Gasteiger partial charge in [0.15, 0.2) is 0 Å². The van der Waals surface area contributed by atoms with Gasteiger partial charge in [-0.1, -0.05) is 60.7 Å². The minimum atomic E-state index is -0.358. The number of amides is 1. The number of halogens is 1. The van der Waals surface area contributed by atoms with E-state index in [2.05, 4.69) is 4.98 Å². The highest BCUT2D eigenvalue weighted by Gasteiger charge is 2.32. The fourth-order valence-corrected chi connectivity index (χ4v) is 4.43. The van der Waals surface area contributed by atoms with E-state index in [1.807, 2.05) is 6.92 Å². The van der Waals surface area contributed by atoms with Crippen LogP contribution in [0.2, 0.25) is 5.02 Å². The fraction of sp³-hybridized carbons (Fsp3) is 0.143. The molecular weight excluding hydrogens is 442 g/mol. The lowest BCUT2D eigenvalue weighted by molar-refractivity contribution is -0.122. The number of nitrogens with zero attached hydrogens (tertiary/aromatic N) is 3. The average Bonchev–Trinajstić information content (AvgIpc) is 3.00. The van der Waals surface area contributed by atoms with Gasteiger partial charge < -0.3 is 4.74 Å². The Labute approximate surface area is 187 Å². The van der Waals surface area contributed by atoms with Crippen LogP contribution >= 0.6 is 35.6 Å². The van der Waals surface area contributed by atoms with Crippen LogP contribution in [0, 0.1) is 0 Å². The molecule has 0 N–H and O–H groups in total. The smallest absolute Gasteiger partial charge is 0.269 e. The summed E-state index contributed by atoms with van der Waals surface area (Å²) in [5, 5.41) is 0.382. The molecule has 1 aliphatic heterocycles. The molecule has 152 valence electrons. The van der Waals surface area contributed by atoms with Crippen LogP contribution in [0.15, 0.2) is 58.4 Å². The first-order valence-corrected chi connectivity index (χ1v) is 10.8. The lowest BCUT2D eigenvalue weighted by Crippen LogP contribution is -2.28. The third kappa shape index (κ3) is 3.86. The Morgan fingerprint density at radius 3 is 2.73 bits per heavy atom. The Morgan fingerprint density at radius 2 is 1.97 bits per heavy atom. The second-order valence-electron chi connectivity index (χ2n) is 6.43. The number of thiocarbonyl (C=S) groups is 1. The lowest BCUT2D eigenvalue weighted by atomic mass is 10.2. The minimum Gasteiger partial charge on any atom is -0.437 e. The summed E-state index contributed by atoms with van der Waals surface area (Å²) in [4.78, 5) is 32.3. The van der Waals surface area contributed by atoms with Gasteiger partial charge in [-0.25, -0.2) is 0 Å². The van der Waals surface area contributed by atoms with Gasteiger partial charge in [-0.15, -0.1) is 0 Å². The van der Waals surface area contributed by atoms with E-state index in [1.165, 1.54) is 15.4 Å². The SMILES string of the molecule is CCCN1C(=O)/C(=C\c2c(Oc3ccccc3Cl)nc3ccccn3c2=O)SC1=S. The number of aromatic nitrogens is 2. The third-order valence-electron chi connectivity index (χ3n) is 4.37. The lowest BCUT2D eigenvalue weighted by Gasteiger charge is -2.12. The second kappa shape index (κ2) is 8.59. The summed E-state index contributed by atoms with van der Waals surface area (Å²) >= 11 is 12.7. The summed E-state index contributed by atoms with van der Waals surface area (Å²) in [7, 11) is 0. The predicted octanol–water partition coefficient (Wildman–Crippen LogP) is 4.75. The second-order valence-corrected chi connectivity index (χ2v) is 8.51. The molecule has 0 saturated carbocycles. The van der Waals surface area contributed by atoms with E-state index < -0.39 is 0 Å².